The summed E-state index contributed by atoms with van der Waals surface area (Å²) in [5.41, 5.74) is 2.18. The van der Waals surface area contributed by atoms with E-state index in [-0.39, 0.29) is 11.7 Å². The number of aryl methyl sites for hydroxylation is 1. The fourth-order valence-electron chi connectivity index (χ4n) is 2.48. The van der Waals surface area contributed by atoms with Gasteiger partial charge in [0.05, 0.1) is 6.61 Å². The van der Waals surface area contributed by atoms with Gasteiger partial charge in [0.15, 0.2) is 5.78 Å². The van der Waals surface area contributed by atoms with Crippen molar-refractivity contribution in [3.8, 4) is 5.75 Å². The first kappa shape index (κ1) is 18.8. The number of Topliss-reactive ketones (excluding diaryl/α,β-unsaturated/α-hetero) is 1. The van der Waals surface area contributed by atoms with Crippen LogP contribution in [0.1, 0.15) is 53.1 Å². The van der Waals surface area contributed by atoms with Crippen LogP contribution < -0.4 is 10.1 Å². The largest absolute Gasteiger partial charge is 0.494 e. The first-order valence-corrected chi connectivity index (χ1v) is 8.68. The number of carbonyl (C=O) groups excluding carboxylic acids is 2. The fourth-order valence-corrected chi connectivity index (χ4v) is 2.48. The number of unbranched alkanes of at least 4 members (excludes halogenated alkanes) is 1. The maximum Gasteiger partial charge on any atom is 0.267 e. The van der Waals surface area contributed by atoms with Crippen LogP contribution >= 0.6 is 0 Å². The lowest BCUT2D eigenvalue weighted by molar-refractivity contribution is 0.0945. The predicted molar refractivity (Wildman–Crippen MR) is 98.3 cm³/mol. The second kappa shape index (κ2) is 9.06. The van der Waals surface area contributed by atoms with Crippen molar-refractivity contribution in [3.63, 3.8) is 0 Å². The third-order valence-electron chi connectivity index (χ3n) is 4.03. The van der Waals surface area contributed by atoms with Gasteiger partial charge in [-0.25, -0.2) is 0 Å². The highest BCUT2D eigenvalue weighted by Gasteiger charge is 2.13. The molecule has 0 unspecified atom stereocenters. The van der Waals surface area contributed by atoms with Gasteiger partial charge < -0.3 is 14.6 Å². The van der Waals surface area contributed by atoms with Gasteiger partial charge in [-0.2, -0.15) is 0 Å². The van der Waals surface area contributed by atoms with E-state index < -0.39 is 0 Å². The molecule has 0 aliphatic heterocycles. The number of carbonyl (C=O) groups is 2. The molecule has 134 valence electrons. The van der Waals surface area contributed by atoms with E-state index in [0.717, 1.165) is 37.2 Å². The molecule has 5 nitrogen and oxygen atoms in total. The molecule has 0 saturated heterocycles. The molecule has 2 rings (SSSR count). The van der Waals surface area contributed by atoms with Crippen LogP contribution in [0.15, 0.2) is 36.5 Å². The number of rotatable bonds is 9. The molecule has 0 saturated carbocycles. The number of amides is 1. The first-order valence-electron chi connectivity index (χ1n) is 8.68. The molecule has 25 heavy (non-hydrogen) atoms. The maximum absolute atomic E-state index is 12.2. The van der Waals surface area contributed by atoms with Gasteiger partial charge in [-0.1, -0.05) is 25.5 Å². The molecule has 0 radical (unpaired) electrons. The Bertz CT molecular complexity index is 717. The summed E-state index contributed by atoms with van der Waals surface area (Å²) in [6, 6.07) is 9.58. The van der Waals surface area contributed by atoms with Gasteiger partial charge in [-0.3, -0.25) is 9.59 Å². The van der Waals surface area contributed by atoms with E-state index in [1.165, 1.54) is 6.92 Å². The molecule has 0 aliphatic rings. The average molecular weight is 342 g/mol. The number of hydrogen-bond donors (Lipinski definition) is 1. The van der Waals surface area contributed by atoms with Gasteiger partial charge in [-0.15, -0.1) is 0 Å². The summed E-state index contributed by atoms with van der Waals surface area (Å²) >= 11 is 0. The van der Waals surface area contributed by atoms with Gasteiger partial charge in [0.25, 0.3) is 5.91 Å². The van der Waals surface area contributed by atoms with Crippen LogP contribution in [0, 0.1) is 0 Å². The van der Waals surface area contributed by atoms with Crippen LogP contribution in [-0.4, -0.2) is 29.4 Å². The summed E-state index contributed by atoms with van der Waals surface area (Å²) in [5, 5.41) is 2.89. The van der Waals surface area contributed by atoms with E-state index in [9.17, 15) is 9.59 Å². The molecule has 0 spiro atoms. The molecule has 0 aliphatic carbocycles. The quantitative estimate of drug-likeness (QED) is 0.561. The maximum atomic E-state index is 12.2. The van der Waals surface area contributed by atoms with Crippen molar-refractivity contribution in [2.45, 2.75) is 33.1 Å². The SMILES string of the molecule is CCCCOc1ccc(CCNC(=O)c2cc(C(C)=O)cn2C)cc1. The van der Waals surface area contributed by atoms with E-state index in [2.05, 4.69) is 12.2 Å². The highest BCUT2D eigenvalue weighted by atomic mass is 16.5. The average Bonchev–Trinajstić information content (AvgIpc) is 2.99. The highest BCUT2D eigenvalue weighted by Crippen LogP contribution is 2.13. The van der Waals surface area contributed by atoms with Crippen LogP contribution in [0.2, 0.25) is 0 Å². The summed E-state index contributed by atoms with van der Waals surface area (Å²) in [6.07, 6.45) is 4.59. The molecule has 1 aromatic heterocycles. The van der Waals surface area contributed by atoms with Crippen molar-refractivity contribution in [3.05, 3.63) is 53.3 Å². The van der Waals surface area contributed by atoms with Crippen molar-refractivity contribution in [1.82, 2.24) is 9.88 Å². The summed E-state index contributed by atoms with van der Waals surface area (Å²) in [4.78, 5) is 23.6. The summed E-state index contributed by atoms with van der Waals surface area (Å²) < 4.78 is 7.31. The zero-order valence-electron chi connectivity index (χ0n) is 15.2. The van der Waals surface area contributed by atoms with E-state index in [0.29, 0.717) is 17.8 Å². The monoisotopic (exact) mass is 342 g/mol. The lowest BCUT2D eigenvalue weighted by atomic mass is 10.1. The van der Waals surface area contributed by atoms with Crippen LogP contribution in [0.4, 0.5) is 0 Å². The molecular weight excluding hydrogens is 316 g/mol. The number of nitrogens with one attached hydrogen (secondary N) is 1. The van der Waals surface area contributed by atoms with E-state index in [1.54, 1.807) is 23.9 Å². The zero-order valence-corrected chi connectivity index (χ0v) is 15.2. The van der Waals surface area contributed by atoms with Crippen molar-refractivity contribution in [2.75, 3.05) is 13.2 Å². The smallest absolute Gasteiger partial charge is 0.267 e. The Hall–Kier alpha value is -2.56. The predicted octanol–water partition coefficient (Wildman–Crippen LogP) is 3.38. The minimum Gasteiger partial charge on any atom is -0.494 e. The second-order valence-electron chi connectivity index (χ2n) is 6.13. The lowest BCUT2D eigenvalue weighted by Crippen LogP contribution is -2.27. The molecule has 0 bridgehead atoms. The molecule has 1 aromatic carbocycles. The van der Waals surface area contributed by atoms with Crippen LogP contribution in [-0.2, 0) is 13.5 Å². The summed E-state index contributed by atoms with van der Waals surface area (Å²) in [5.74, 6) is 0.659. The lowest BCUT2D eigenvalue weighted by Gasteiger charge is -2.08. The Balaban J connectivity index is 1.82. The topological polar surface area (TPSA) is 60.3 Å². The van der Waals surface area contributed by atoms with Crippen molar-refractivity contribution in [1.29, 1.82) is 0 Å². The van der Waals surface area contributed by atoms with E-state index in [1.807, 2.05) is 24.3 Å². The van der Waals surface area contributed by atoms with Crippen molar-refractivity contribution in [2.24, 2.45) is 7.05 Å². The third kappa shape index (κ3) is 5.48. The summed E-state index contributed by atoms with van der Waals surface area (Å²) in [6.45, 7) is 4.91. The van der Waals surface area contributed by atoms with Crippen LogP contribution in [0.5, 0.6) is 5.75 Å². The number of hydrogen-bond acceptors (Lipinski definition) is 3. The fraction of sp³-hybridized carbons (Fsp3) is 0.400. The molecule has 5 heteroatoms. The summed E-state index contributed by atoms with van der Waals surface area (Å²) in [7, 11) is 1.76. The van der Waals surface area contributed by atoms with Gasteiger partial charge in [0.2, 0.25) is 0 Å². The number of benzene rings is 1. The molecule has 0 atom stereocenters. The Morgan fingerprint density at radius 2 is 1.92 bits per heavy atom. The first-order chi connectivity index (χ1) is 12.0. The molecule has 2 aromatic rings. The van der Waals surface area contributed by atoms with Gasteiger partial charge in [-0.05, 0) is 43.5 Å². The zero-order chi connectivity index (χ0) is 18.2. The Morgan fingerprint density at radius 1 is 1.20 bits per heavy atom. The van der Waals surface area contributed by atoms with Gasteiger partial charge in [0.1, 0.15) is 11.4 Å². The number of ether oxygens (including phenoxy) is 1. The Morgan fingerprint density at radius 3 is 2.52 bits per heavy atom. The molecule has 1 N–H and O–H groups in total. The highest BCUT2D eigenvalue weighted by molar-refractivity contribution is 5.99. The minimum absolute atomic E-state index is 0.0455. The number of nitrogens with zero attached hydrogens (tertiary/aromatic N) is 1. The third-order valence-corrected chi connectivity index (χ3v) is 4.03. The van der Waals surface area contributed by atoms with E-state index in [4.69, 9.17) is 4.74 Å². The molecule has 1 amide bonds. The normalized spacial score (nSPS) is 10.5. The van der Waals surface area contributed by atoms with Crippen molar-refractivity contribution < 1.29 is 14.3 Å². The van der Waals surface area contributed by atoms with Crippen molar-refractivity contribution >= 4 is 11.7 Å². The minimum atomic E-state index is -0.172. The van der Waals surface area contributed by atoms with E-state index >= 15 is 0 Å². The van der Waals surface area contributed by atoms with Crippen LogP contribution in [0.3, 0.4) is 0 Å². The van der Waals surface area contributed by atoms with Gasteiger partial charge >= 0.3 is 0 Å². The standard InChI is InChI=1S/C20H26N2O3/c1-4-5-12-25-18-8-6-16(7-9-18)10-11-21-20(24)19-13-17(15(2)23)14-22(19)3/h6-9,13-14H,4-5,10-12H2,1-3H3,(H,21,24). The van der Waals surface area contributed by atoms with Gasteiger partial charge in [0, 0.05) is 25.4 Å². The number of ketones is 1. The number of aromatic nitrogens is 1. The molecular formula is C20H26N2O3. The Labute approximate surface area is 149 Å². The molecule has 0 fully saturated rings. The second-order valence-corrected chi connectivity index (χ2v) is 6.13. The molecule has 1 heterocycles. The van der Waals surface area contributed by atoms with Crippen LogP contribution in [0.25, 0.3) is 0 Å². The Kier molecular flexibility index (Phi) is 6.81.